The van der Waals surface area contributed by atoms with Crippen molar-refractivity contribution in [2.24, 2.45) is 5.92 Å². The normalized spacial score (nSPS) is 28.0. The van der Waals surface area contributed by atoms with Crippen molar-refractivity contribution in [2.45, 2.75) is 30.7 Å². The predicted octanol–water partition coefficient (Wildman–Crippen LogP) is 2.81. The fourth-order valence-corrected chi connectivity index (χ4v) is 3.97. The molecule has 3 saturated heterocycles. The molecule has 2 bridgehead atoms. The Morgan fingerprint density at radius 3 is 2.76 bits per heavy atom. The molecule has 3 fully saturated rings. The molecule has 3 aliphatic heterocycles. The second-order valence-corrected chi connectivity index (χ2v) is 6.89. The molecule has 0 radical (unpaired) electrons. The Kier molecular flexibility index (Phi) is 4.66. The third-order valence-corrected chi connectivity index (χ3v) is 5.48. The maximum Gasteiger partial charge on any atom is 0.244 e. The molecule has 1 amide bonds. The van der Waals surface area contributed by atoms with Crippen molar-refractivity contribution in [3.05, 3.63) is 41.3 Å². The van der Waals surface area contributed by atoms with Crippen LogP contribution in [0.25, 0.3) is 0 Å². The van der Waals surface area contributed by atoms with E-state index in [1.54, 1.807) is 17.8 Å². The van der Waals surface area contributed by atoms with Crippen LogP contribution in [-0.4, -0.2) is 36.5 Å². The van der Waals surface area contributed by atoms with Crippen LogP contribution < -0.4 is 5.32 Å². The van der Waals surface area contributed by atoms with Crippen LogP contribution in [0.15, 0.2) is 40.6 Å². The van der Waals surface area contributed by atoms with Crippen LogP contribution in [-0.2, 0) is 4.79 Å². The van der Waals surface area contributed by atoms with Gasteiger partial charge < -0.3 is 10.2 Å². The number of aryl methyl sites for hydroxylation is 1. The number of thioether (sulfide) groups is 1. The summed E-state index contributed by atoms with van der Waals surface area (Å²) in [6.07, 6.45) is 4.12. The van der Waals surface area contributed by atoms with E-state index < -0.39 is 0 Å². The van der Waals surface area contributed by atoms with E-state index in [1.165, 1.54) is 36.4 Å². The van der Waals surface area contributed by atoms with E-state index in [0.29, 0.717) is 12.0 Å². The summed E-state index contributed by atoms with van der Waals surface area (Å²) < 4.78 is 0. The molecule has 1 unspecified atom stereocenters. The van der Waals surface area contributed by atoms with E-state index >= 15 is 0 Å². The van der Waals surface area contributed by atoms with E-state index in [4.69, 9.17) is 0 Å². The van der Waals surface area contributed by atoms with Gasteiger partial charge in [0.2, 0.25) is 5.91 Å². The number of nitrogens with zero attached hydrogens (tertiary/aromatic N) is 1. The highest BCUT2D eigenvalue weighted by atomic mass is 32.2. The van der Waals surface area contributed by atoms with Crippen LogP contribution >= 0.6 is 11.8 Å². The van der Waals surface area contributed by atoms with E-state index in [1.807, 2.05) is 17.5 Å². The Bertz CT molecular complexity index is 535. The van der Waals surface area contributed by atoms with Crippen LogP contribution in [0.2, 0.25) is 0 Å². The van der Waals surface area contributed by atoms with Crippen molar-refractivity contribution in [3.63, 3.8) is 0 Å². The van der Waals surface area contributed by atoms with Gasteiger partial charge in [0.15, 0.2) is 0 Å². The maximum atomic E-state index is 12.0. The van der Waals surface area contributed by atoms with E-state index in [-0.39, 0.29) is 5.91 Å². The number of fused-ring (bicyclic) bond motifs is 3. The molecule has 21 heavy (non-hydrogen) atoms. The van der Waals surface area contributed by atoms with Crippen LogP contribution in [0.1, 0.15) is 18.4 Å². The van der Waals surface area contributed by atoms with Gasteiger partial charge in [-0.05, 0) is 55.8 Å². The molecule has 4 heteroatoms. The van der Waals surface area contributed by atoms with E-state index in [2.05, 4.69) is 29.3 Å². The Morgan fingerprint density at radius 2 is 2.10 bits per heavy atom. The average Bonchev–Trinajstić information content (AvgIpc) is 2.50. The summed E-state index contributed by atoms with van der Waals surface area (Å²) in [4.78, 5) is 15.7. The van der Waals surface area contributed by atoms with Gasteiger partial charge in [0.05, 0.1) is 0 Å². The van der Waals surface area contributed by atoms with Crippen molar-refractivity contribution < 1.29 is 4.79 Å². The zero-order chi connectivity index (χ0) is 14.7. The summed E-state index contributed by atoms with van der Waals surface area (Å²) in [6.45, 7) is 5.52. The lowest BCUT2D eigenvalue weighted by Gasteiger charge is -2.44. The van der Waals surface area contributed by atoms with Crippen molar-refractivity contribution in [1.29, 1.82) is 0 Å². The summed E-state index contributed by atoms with van der Waals surface area (Å²) in [5.41, 5.74) is 1.24. The van der Waals surface area contributed by atoms with Gasteiger partial charge in [0.1, 0.15) is 0 Å². The van der Waals surface area contributed by atoms with Gasteiger partial charge >= 0.3 is 0 Å². The van der Waals surface area contributed by atoms with Gasteiger partial charge in [0.25, 0.3) is 0 Å². The summed E-state index contributed by atoms with van der Waals surface area (Å²) >= 11 is 1.60. The first-order chi connectivity index (χ1) is 10.2. The number of benzene rings is 1. The molecule has 0 saturated carbocycles. The highest BCUT2D eigenvalue weighted by molar-refractivity contribution is 8.02. The molecule has 112 valence electrons. The number of piperidine rings is 3. The summed E-state index contributed by atoms with van der Waals surface area (Å²) in [5.74, 6) is 0.714. The van der Waals surface area contributed by atoms with Crippen molar-refractivity contribution >= 4 is 17.7 Å². The monoisotopic (exact) mass is 302 g/mol. The Hall–Kier alpha value is -1.26. The summed E-state index contributed by atoms with van der Waals surface area (Å²) in [6, 6.07) is 8.56. The Balaban J connectivity index is 1.50. The van der Waals surface area contributed by atoms with Crippen LogP contribution in [0.3, 0.4) is 0 Å². The third kappa shape index (κ3) is 3.69. The zero-order valence-corrected chi connectivity index (χ0v) is 13.2. The lowest BCUT2D eigenvalue weighted by Crippen LogP contribution is -2.57. The molecular weight excluding hydrogens is 280 g/mol. The lowest BCUT2D eigenvalue weighted by atomic mass is 9.84. The molecule has 1 aromatic rings. The number of carbonyl (C=O) groups excluding carboxylic acids is 1. The Labute approximate surface area is 130 Å². The molecule has 3 heterocycles. The van der Waals surface area contributed by atoms with Crippen molar-refractivity contribution in [1.82, 2.24) is 10.2 Å². The maximum absolute atomic E-state index is 12.0. The number of nitrogens with one attached hydrogen (secondary N) is 1. The van der Waals surface area contributed by atoms with Gasteiger partial charge in [0, 0.05) is 23.6 Å². The zero-order valence-electron chi connectivity index (χ0n) is 12.4. The van der Waals surface area contributed by atoms with Gasteiger partial charge in [-0.3, -0.25) is 4.79 Å². The molecule has 3 aliphatic rings. The average molecular weight is 302 g/mol. The molecular formula is C17H22N2OS. The number of rotatable bonds is 4. The quantitative estimate of drug-likeness (QED) is 0.686. The van der Waals surface area contributed by atoms with Crippen LogP contribution in [0.5, 0.6) is 0 Å². The molecule has 0 spiro atoms. The lowest BCUT2D eigenvalue weighted by molar-refractivity contribution is -0.118. The predicted molar refractivity (Wildman–Crippen MR) is 87.3 cm³/mol. The minimum Gasteiger partial charge on any atom is -0.348 e. The standard InChI is InChI=1S/C17H22N2OS/c1-13-4-2-3-5-16(13)21-11-8-17(20)18-15-12-19-9-6-14(15)7-10-19/h2-5,8,11,14-15H,6-7,9-10,12H2,1H3,(H,18,20)/b11-8+. The molecule has 1 atom stereocenters. The topological polar surface area (TPSA) is 32.3 Å². The molecule has 0 aromatic heterocycles. The number of amides is 1. The van der Waals surface area contributed by atoms with Gasteiger partial charge in [-0.25, -0.2) is 0 Å². The SMILES string of the molecule is Cc1ccccc1S/C=C/C(=O)NC1CN2CCC1CC2. The second kappa shape index (κ2) is 6.67. The number of carbonyl (C=O) groups is 1. The highest BCUT2D eigenvalue weighted by Gasteiger charge is 2.34. The van der Waals surface area contributed by atoms with Crippen molar-refractivity contribution in [3.8, 4) is 0 Å². The fraction of sp³-hybridized carbons (Fsp3) is 0.471. The van der Waals surface area contributed by atoms with E-state index in [9.17, 15) is 4.79 Å². The van der Waals surface area contributed by atoms with Crippen LogP contribution in [0, 0.1) is 12.8 Å². The largest absolute Gasteiger partial charge is 0.348 e. The number of hydrogen-bond donors (Lipinski definition) is 1. The third-order valence-electron chi connectivity index (χ3n) is 4.49. The first-order valence-electron chi connectivity index (χ1n) is 7.64. The van der Waals surface area contributed by atoms with E-state index in [0.717, 1.165) is 6.54 Å². The second-order valence-electron chi connectivity index (χ2n) is 5.94. The smallest absolute Gasteiger partial charge is 0.244 e. The summed E-state index contributed by atoms with van der Waals surface area (Å²) in [5, 5.41) is 5.06. The highest BCUT2D eigenvalue weighted by Crippen LogP contribution is 2.27. The summed E-state index contributed by atoms with van der Waals surface area (Å²) in [7, 11) is 0. The molecule has 3 nitrogen and oxygen atoms in total. The molecule has 1 N–H and O–H groups in total. The molecule has 4 rings (SSSR count). The fourth-order valence-electron chi connectivity index (χ4n) is 3.22. The molecule has 1 aromatic carbocycles. The van der Waals surface area contributed by atoms with Crippen molar-refractivity contribution in [2.75, 3.05) is 19.6 Å². The first-order valence-corrected chi connectivity index (χ1v) is 8.52. The minimum atomic E-state index is 0.0369. The van der Waals surface area contributed by atoms with Gasteiger partial charge in [-0.2, -0.15) is 0 Å². The van der Waals surface area contributed by atoms with Crippen LogP contribution in [0.4, 0.5) is 0 Å². The van der Waals surface area contributed by atoms with Gasteiger partial charge in [-0.15, -0.1) is 0 Å². The molecule has 0 aliphatic carbocycles. The van der Waals surface area contributed by atoms with Gasteiger partial charge in [-0.1, -0.05) is 30.0 Å². The first kappa shape index (κ1) is 14.7. The Morgan fingerprint density at radius 1 is 1.33 bits per heavy atom. The number of hydrogen-bond acceptors (Lipinski definition) is 3. The minimum absolute atomic E-state index is 0.0369.